The molecule has 0 amide bonds. The van der Waals surface area contributed by atoms with Crippen LogP contribution in [0.3, 0.4) is 0 Å². The molecule has 0 bridgehead atoms. The molecule has 0 saturated heterocycles. The van der Waals surface area contributed by atoms with Gasteiger partial charge in [-0.25, -0.2) is 0 Å². The molecule has 6 heteroatoms. The van der Waals surface area contributed by atoms with Crippen LogP contribution in [0.15, 0.2) is 16.9 Å². The van der Waals surface area contributed by atoms with Crippen LogP contribution in [0.25, 0.3) is 11.4 Å². The number of rotatable bonds is 3. The van der Waals surface area contributed by atoms with Crippen molar-refractivity contribution >= 4 is 0 Å². The third-order valence-electron chi connectivity index (χ3n) is 2.16. The summed E-state index contributed by atoms with van der Waals surface area (Å²) < 4.78 is 6.74. The minimum Gasteiger partial charge on any atom is -0.337 e. The average molecular weight is 207 g/mol. The Kier molecular flexibility index (Phi) is 2.51. The number of hydrogen-bond donors (Lipinski definition) is 1. The maximum absolute atomic E-state index is 5.77. The molecule has 0 aromatic carbocycles. The average Bonchev–Trinajstić information content (AvgIpc) is 2.84. The van der Waals surface area contributed by atoms with Crippen molar-refractivity contribution in [3.8, 4) is 11.4 Å². The Morgan fingerprint density at radius 2 is 2.40 bits per heavy atom. The molecule has 6 nitrogen and oxygen atoms in total. The molecule has 2 aromatic rings. The van der Waals surface area contributed by atoms with Crippen molar-refractivity contribution in [2.75, 3.05) is 0 Å². The van der Waals surface area contributed by atoms with Crippen LogP contribution < -0.4 is 5.73 Å². The Labute approximate surface area is 87.1 Å². The van der Waals surface area contributed by atoms with Crippen LogP contribution in [-0.2, 0) is 7.05 Å². The van der Waals surface area contributed by atoms with E-state index in [0.717, 1.165) is 12.0 Å². The molecule has 0 spiro atoms. The van der Waals surface area contributed by atoms with Crippen molar-refractivity contribution in [3.63, 3.8) is 0 Å². The fraction of sp³-hybridized carbons (Fsp3) is 0.444. The van der Waals surface area contributed by atoms with Crippen molar-refractivity contribution in [1.29, 1.82) is 0 Å². The lowest BCUT2D eigenvalue weighted by Crippen LogP contribution is -2.08. The van der Waals surface area contributed by atoms with Crippen molar-refractivity contribution in [2.24, 2.45) is 12.8 Å². The molecule has 2 aromatic heterocycles. The Morgan fingerprint density at radius 1 is 1.60 bits per heavy atom. The van der Waals surface area contributed by atoms with Gasteiger partial charge in [0.25, 0.3) is 0 Å². The summed E-state index contributed by atoms with van der Waals surface area (Å²) in [6.07, 6.45) is 4.28. The molecular weight excluding hydrogens is 194 g/mol. The van der Waals surface area contributed by atoms with Crippen molar-refractivity contribution in [1.82, 2.24) is 19.9 Å². The summed E-state index contributed by atoms with van der Waals surface area (Å²) in [5.74, 6) is 0.998. The van der Waals surface area contributed by atoms with E-state index in [1.807, 2.05) is 20.2 Å². The van der Waals surface area contributed by atoms with E-state index in [9.17, 15) is 0 Å². The lowest BCUT2D eigenvalue weighted by atomic mass is 10.2. The minimum absolute atomic E-state index is 0.192. The minimum atomic E-state index is -0.192. The zero-order valence-electron chi connectivity index (χ0n) is 8.71. The molecule has 0 radical (unpaired) electrons. The van der Waals surface area contributed by atoms with Gasteiger partial charge in [0.1, 0.15) is 0 Å². The SMILES string of the molecule is CC[C@@H](N)c1nc(-c2cnn(C)c2)no1. The second-order valence-corrected chi connectivity index (χ2v) is 3.37. The first-order chi connectivity index (χ1) is 7.20. The largest absolute Gasteiger partial charge is 0.337 e. The van der Waals surface area contributed by atoms with Gasteiger partial charge in [-0.1, -0.05) is 12.1 Å². The normalized spacial score (nSPS) is 13.0. The Hall–Kier alpha value is -1.69. The summed E-state index contributed by atoms with van der Waals surface area (Å²) >= 11 is 0. The molecule has 0 aliphatic heterocycles. The van der Waals surface area contributed by atoms with E-state index in [1.54, 1.807) is 10.9 Å². The van der Waals surface area contributed by atoms with E-state index in [0.29, 0.717) is 11.7 Å². The fourth-order valence-corrected chi connectivity index (χ4v) is 1.21. The smallest absolute Gasteiger partial charge is 0.243 e. The number of hydrogen-bond acceptors (Lipinski definition) is 5. The standard InChI is InChI=1S/C9H13N5O/c1-3-7(10)9-12-8(13-15-9)6-4-11-14(2)5-6/h4-5,7H,3,10H2,1-2H3/t7-/m1/s1. The highest BCUT2D eigenvalue weighted by Crippen LogP contribution is 2.17. The zero-order chi connectivity index (χ0) is 10.8. The van der Waals surface area contributed by atoms with Gasteiger partial charge in [0, 0.05) is 13.2 Å². The van der Waals surface area contributed by atoms with Gasteiger partial charge in [-0.2, -0.15) is 10.1 Å². The first-order valence-corrected chi connectivity index (χ1v) is 4.79. The molecule has 2 rings (SSSR count). The number of aromatic nitrogens is 4. The van der Waals surface area contributed by atoms with E-state index in [4.69, 9.17) is 10.3 Å². The van der Waals surface area contributed by atoms with Crippen LogP contribution in [0.5, 0.6) is 0 Å². The summed E-state index contributed by atoms with van der Waals surface area (Å²) in [6.45, 7) is 1.97. The van der Waals surface area contributed by atoms with Crippen LogP contribution in [0.1, 0.15) is 25.3 Å². The van der Waals surface area contributed by atoms with Gasteiger partial charge in [-0.15, -0.1) is 0 Å². The van der Waals surface area contributed by atoms with Crippen LogP contribution in [0.2, 0.25) is 0 Å². The van der Waals surface area contributed by atoms with Gasteiger partial charge in [0.05, 0.1) is 17.8 Å². The highest BCUT2D eigenvalue weighted by Gasteiger charge is 2.14. The van der Waals surface area contributed by atoms with E-state index >= 15 is 0 Å². The van der Waals surface area contributed by atoms with E-state index < -0.39 is 0 Å². The summed E-state index contributed by atoms with van der Waals surface area (Å²) in [5.41, 5.74) is 6.60. The Morgan fingerprint density at radius 3 is 3.00 bits per heavy atom. The molecule has 80 valence electrons. The lowest BCUT2D eigenvalue weighted by molar-refractivity contribution is 0.352. The molecule has 2 heterocycles. The first-order valence-electron chi connectivity index (χ1n) is 4.79. The van der Waals surface area contributed by atoms with Crippen molar-refractivity contribution < 1.29 is 4.52 Å². The van der Waals surface area contributed by atoms with Crippen LogP contribution in [0, 0.1) is 0 Å². The molecular formula is C9H13N5O. The van der Waals surface area contributed by atoms with E-state index in [1.165, 1.54) is 0 Å². The molecule has 0 aliphatic carbocycles. The molecule has 15 heavy (non-hydrogen) atoms. The maximum Gasteiger partial charge on any atom is 0.243 e. The maximum atomic E-state index is 5.77. The topological polar surface area (TPSA) is 82.8 Å². The number of nitrogens with zero attached hydrogens (tertiary/aromatic N) is 4. The molecule has 1 atom stereocenters. The van der Waals surface area contributed by atoms with Crippen molar-refractivity contribution in [3.05, 3.63) is 18.3 Å². The molecule has 2 N–H and O–H groups in total. The Balaban J connectivity index is 2.27. The Bertz CT molecular complexity index is 447. The van der Waals surface area contributed by atoms with Gasteiger partial charge >= 0.3 is 0 Å². The van der Waals surface area contributed by atoms with Gasteiger partial charge in [-0.05, 0) is 6.42 Å². The third kappa shape index (κ3) is 1.89. The van der Waals surface area contributed by atoms with E-state index in [-0.39, 0.29) is 6.04 Å². The van der Waals surface area contributed by atoms with E-state index in [2.05, 4.69) is 15.2 Å². The van der Waals surface area contributed by atoms with Gasteiger partial charge in [0.15, 0.2) is 0 Å². The molecule has 0 aliphatic rings. The second-order valence-electron chi connectivity index (χ2n) is 3.37. The lowest BCUT2D eigenvalue weighted by Gasteiger charge is -1.98. The summed E-state index contributed by atoms with van der Waals surface area (Å²) in [7, 11) is 1.84. The van der Waals surface area contributed by atoms with Crippen LogP contribution in [0.4, 0.5) is 0 Å². The van der Waals surface area contributed by atoms with Crippen LogP contribution >= 0.6 is 0 Å². The highest BCUT2D eigenvalue weighted by atomic mass is 16.5. The molecule has 0 fully saturated rings. The van der Waals surface area contributed by atoms with Crippen LogP contribution in [-0.4, -0.2) is 19.9 Å². The third-order valence-corrected chi connectivity index (χ3v) is 2.16. The summed E-state index contributed by atoms with van der Waals surface area (Å²) in [4.78, 5) is 4.21. The predicted molar refractivity (Wildman–Crippen MR) is 53.7 cm³/mol. The number of nitrogens with two attached hydrogens (primary N) is 1. The summed E-state index contributed by atoms with van der Waals surface area (Å²) in [6, 6.07) is -0.192. The fourth-order valence-electron chi connectivity index (χ4n) is 1.21. The van der Waals surface area contributed by atoms with Gasteiger partial charge in [0.2, 0.25) is 11.7 Å². The second kappa shape index (κ2) is 3.82. The number of aryl methyl sites for hydroxylation is 1. The first kappa shape index (κ1) is 9.85. The highest BCUT2D eigenvalue weighted by molar-refractivity contribution is 5.50. The quantitative estimate of drug-likeness (QED) is 0.807. The zero-order valence-corrected chi connectivity index (χ0v) is 8.71. The molecule has 0 unspecified atom stereocenters. The monoisotopic (exact) mass is 207 g/mol. The summed E-state index contributed by atoms with van der Waals surface area (Å²) in [5, 5.41) is 7.88. The molecule has 0 saturated carbocycles. The predicted octanol–water partition coefficient (Wildman–Crippen LogP) is 0.880. The van der Waals surface area contributed by atoms with Gasteiger partial charge < -0.3 is 10.3 Å². The van der Waals surface area contributed by atoms with Gasteiger partial charge in [-0.3, -0.25) is 4.68 Å². The van der Waals surface area contributed by atoms with Crippen molar-refractivity contribution in [2.45, 2.75) is 19.4 Å².